The molecule has 1 rings (SSSR count). The van der Waals surface area contributed by atoms with Gasteiger partial charge in [-0.3, -0.25) is 0 Å². The number of halogens is 1. The Balaban J connectivity index is 2.52. The molecule has 0 spiro atoms. The van der Waals surface area contributed by atoms with Crippen molar-refractivity contribution in [1.82, 2.24) is 4.98 Å². The van der Waals surface area contributed by atoms with Gasteiger partial charge in [-0.2, -0.15) is 0 Å². The number of aromatic nitrogens is 1. The van der Waals surface area contributed by atoms with Gasteiger partial charge in [0.25, 0.3) is 0 Å². The summed E-state index contributed by atoms with van der Waals surface area (Å²) >= 11 is 3.33. The van der Waals surface area contributed by atoms with Gasteiger partial charge < -0.3 is 0 Å². The van der Waals surface area contributed by atoms with Crippen LogP contribution in [0.5, 0.6) is 0 Å². The van der Waals surface area contributed by atoms with E-state index in [9.17, 15) is 0 Å². The van der Waals surface area contributed by atoms with Crippen LogP contribution in [0.3, 0.4) is 0 Å². The summed E-state index contributed by atoms with van der Waals surface area (Å²) in [6, 6.07) is 3.87. The van der Waals surface area contributed by atoms with Gasteiger partial charge in [-0.1, -0.05) is 19.3 Å². The lowest BCUT2D eigenvalue weighted by Crippen LogP contribution is -1.79. The molecule has 68 valence electrons. The topological polar surface area (TPSA) is 12.9 Å². The van der Waals surface area contributed by atoms with E-state index in [4.69, 9.17) is 0 Å². The fraction of sp³-hybridized carbons (Fsp3) is 0.364. The molecular formula is C11H12BrN. The molecule has 2 heteroatoms. The first-order chi connectivity index (χ1) is 6.33. The maximum absolute atomic E-state index is 4.16. The summed E-state index contributed by atoms with van der Waals surface area (Å²) < 4.78 is 0.992. The Hall–Kier alpha value is -0.810. The molecule has 0 aliphatic heterocycles. The van der Waals surface area contributed by atoms with Gasteiger partial charge in [-0.25, -0.2) is 4.98 Å². The summed E-state index contributed by atoms with van der Waals surface area (Å²) in [5.41, 5.74) is 0.847. The number of rotatable bonds is 2. The second-order valence-electron chi connectivity index (χ2n) is 2.77. The van der Waals surface area contributed by atoms with E-state index in [2.05, 4.69) is 39.7 Å². The van der Waals surface area contributed by atoms with E-state index >= 15 is 0 Å². The molecule has 0 fully saturated rings. The van der Waals surface area contributed by atoms with E-state index in [1.807, 2.05) is 12.1 Å². The van der Waals surface area contributed by atoms with Gasteiger partial charge in [-0.15, -0.1) is 0 Å². The van der Waals surface area contributed by atoms with Crippen molar-refractivity contribution in [2.45, 2.75) is 26.2 Å². The molecule has 1 aromatic rings. The normalized spacial score (nSPS) is 9.08. The monoisotopic (exact) mass is 237 g/mol. The highest BCUT2D eigenvalue weighted by molar-refractivity contribution is 9.10. The molecule has 0 radical (unpaired) electrons. The standard InChI is InChI=1S/C11H12BrN/c1-2-3-4-5-6-11-8-7-10(12)9-13-11/h7-9H,2-4H2,1H3. The van der Waals surface area contributed by atoms with Crippen molar-refractivity contribution < 1.29 is 0 Å². The highest BCUT2D eigenvalue weighted by Gasteiger charge is 1.87. The van der Waals surface area contributed by atoms with Crippen molar-refractivity contribution in [3.63, 3.8) is 0 Å². The summed E-state index contributed by atoms with van der Waals surface area (Å²) in [6.07, 6.45) is 5.10. The summed E-state index contributed by atoms with van der Waals surface area (Å²) in [5.74, 6) is 6.12. The van der Waals surface area contributed by atoms with Crippen molar-refractivity contribution in [3.8, 4) is 11.8 Å². The second-order valence-corrected chi connectivity index (χ2v) is 3.68. The Labute approximate surface area is 87.7 Å². The molecule has 1 aromatic heterocycles. The van der Waals surface area contributed by atoms with Crippen LogP contribution in [0.1, 0.15) is 31.9 Å². The van der Waals surface area contributed by atoms with E-state index in [-0.39, 0.29) is 0 Å². The number of hydrogen-bond donors (Lipinski definition) is 0. The van der Waals surface area contributed by atoms with Gasteiger partial charge >= 0.3 is 0 Å². The van der Waals surface area contributed by atoms with Crippen LogP contribution >= 0.6 is 15.9 Å². The van der Waals surface area contributed by atoms with Crippen molar-refractivity contribution in [2.75, 3.05) is 0 Å². The van der Waals surface area contributed by atoms with Gasteiger partial charge in [0.05, 0.1) is 0 Å². The minimum Gasteiger partial charge on any atom is -0.247 e. The first kappa shape index (κ1) is 10.3. The van der Waals surface area contributed by atoms with Crippen LogP contribution in [0.25, 0.3) is 0 Å². The Morgan fingerprint density at radius 1 is 1.46 bits per heavy atom. The van der Waals surface area contributed by atoms with Crippen LogP contribution in [0.2, 0.25) is 0 Å². The second kappa shape index (κ2) is 5.77. The average molecular weight is 238 g/mol. The van der Waals surface area contributed by atoms with E-state index in [1.54, 1.807) is 6.20 Å². The number of pyridine rings is 1. The maximum Gasteiger partial charge on any atom is 0.113 e. The van der Waals surface area contributed by atoms with Crippen LogP contribution in [0.15, 0.2) is 22.8 Å². The summed E-state index contributed by atoms with van der Waals surface area (Å²) in [7, 11) is 0. The molecule has 0 aliphatic rings. The van der Waals surface area contributed by atoms with Gasteiger partial charge in [0.2, 0.25) is 0 Å². The molecule has 0 N–H and O–H groups in total. The van der Waals surface area contributed by atoms with Gasteiger partial charge in [0.15, 0.2) is 0 Å². The van der Waals surface area contributed by atoms with E-state index in [1.165, 1.54) is 12.8 Å². The smallest absolute Gasteiger partial charge is 0.113 e. The zero-order valence-electron chi connectivity index (χ0n) is 7.68. The molecule has 0 saturated heterocycles. The number of hydrogen-bond acceptors (Lipinski definition) is 1. The molecule has 0 bridgehead atoms. The Morgan fingerprint density at radius 3 is 2.92 bits per heavy atom. The van der Waals surface area contributed by atoms with Crippen molar-refractivity contribution in [3.05, 3.63) is 28.5 Å². The van der Waals surface area contributed by atoms with E-state index < -0.39 is 0 Å². The van der Waals surface area contributed by atoms with E-state index in [0.717, 1.165) is 16.6 Å². The quantitative estimate of drug-likeness (QED) is 0.568. The zero-order valence-corrected chi connectivity index (χ0v) is 9.26. The minimum atomic E-state index is 0.847. The van der Waals surface area contributed by atoms with Crippen molar-refractivity contribution >= 4 is 15.9 Å². The van der Waals surface area contributed by atoms with Gasteiger partial charge in [-0.05, 0) is 40.4 Å². The average Bonchev–Trinajstić information content (AvgIpc) is 2.15. The SMILES string of the molecule is CCCCC#Cc1ccc(Br)cn1. The first-order valence-corrected chi connectivity index (χ1v) is 5.22. The highest BCUT2D eigenvalue weighted by Crippen LogP contribution is 2.06. The van der Waals surface area contributed by atoms with Crippen LogP contribution < -0.4 is 0 Å². The molecule has 0 saturated carbocycles. The number of unbranched alkanes of at least 4 members (excludes halogenated alkanes) is 2. The Bertz CT molecular complexity index is 305. The van der Waals surface area contributed by atoms with Crippen molar-refractivity contribution in [1.29, 1.82) is 0 Å². The lowest BCUT2D eigenvalue weighted by atomic mass is 10.2. The molecule has 0 unspecified atom stereocenters. The minimum absolute atomic E-state index is 0.847. The summed E-state index contributed by atoms with van der Waals surface area (Å²) in [4.78, 5) is 4.16. The first-order valence-electron chi connectivity index (χ1n) is 4.43. The maximum atomic E-state index is 4.16. The van der Waals surface area contributed by atoms with Crippen LogP contribution in [0, 0.1) is 11.8 Å². The Kier molecular flexibility index (Phi) is 4.56. The lowest BCUT2D eigenvalue weighted by Gasteiger charge is -1.89. The molecule has 1 heterocycles. The molecule has 0 amide bonds. The van der Waals surface area contributed by atoms with Gasteiger partial charge in [0, 0.05) is 17.1 Å². The van der Waals surface area contributed by atoms with E-state index in [0.29, 0.717) is 0 Å². The van der Waals surface area contributed by atoms with Crippen LogP contribution in [0.4, 0.5) is 0 Å². The zero-order chi connectivity index (χ0) is 9.52. The Morgan fingerprint density at radius 2 is 2.31 bits per heavy atom. The largest absolute Gasteiger partial charge is 0.247 e. The predicted octanol–water partition coefficient (Wildman–Crippen LogP) is 3.39. The molecular weight excluding hydrogens is 226 g/mol. The summed E-state index contributed by atoms with van der Waals surface area (Å²) in [6.45, 7) is 2.17. The molecule has 0 aromatic carbocycles. The third kappa shape index (κ3) is 4.10. The highest BCUT2D eigenvalue weighted by atomic mass is 79.9. The third-order valence-electron chi connectivity index (χ3n) is 1.60. The summed E-state index contributed by atoms with van der Waals surface area (Å²) in [5, 5.41) is 0. The van der Waals surface area contributed by atoms with Crippen molar-refractivity contribution in [2.24, 2.45) is 0 Å². The third-order valence-corrected chi connectivity index (χ3v) is 2.07. The molecule has 13 heavy (non-hydrogen) atoms. The molecule has 0 atom stereocenters. The predicted molar refractivity (Wildman–Crippen MR) is 58.3 cm³/mol. The molecule has 0 aliphatic carbocycles. The lowest BCUT2D eigenvalue weighted by molar-refractivity contribution is 0.828. The number of nitrogens with zero attached hydrogens (tertiary/aromatic N) is 1. The van der Waals surface area contributed by atoms with Crippen LogP contribution in [-0.2, 0) is 0 Å². The van der Waals surface area contributed by atoms with Gasteiger partial charge in [0.1, 0.15) is 5.69 Å². The molecule has 1 nitrogen and oxygen atoms in total. The fourth-order valence-corrected chi connectivity index (χ4v) is 1.10. The fourth-order valence-electron chi connectivity index (χ4n) is 0.868. The van der Waals surface area contributed by atoms with Crippen LogP contribution in [-0.4, -0.2) is 4.98 Å².